The minimum absolute atomic E-state index is 0.239. The minimum atomic E-state index is -2.16. The van der Waals surface area contributed by atoms with Crippen molar-refractivity contribution in [1.82, 2.24) is 0 Å². The standard InChI is InChI=1S/C12H24NO3Si/c1-7-10-17(11-8-2,12-9-3)13(14-4,15-5)16-6/h7-9H,1-3,10-12H2,4-6H3/q+1. The van der Waals surface area contributed by atoms with E-state index in [4.69, 9.17) is 14.5 Å². The second-order valence-electron chi connectivity index (χ2n) is 3.75. The number of rotatable bonds is 10. The molecule has 0 spiro atoms. The molecular weight excluding hydrogens is 234 g/mol. The van der Waals surface area contributed by atoms with Crippen LogP contribution in [-0.4, -0.2) is 34.2 Å². The fraction of sp³-hybridized carbons (Fsp3) is 0.500. The molecule has 0 saturated heterocycles. The van der Waals surface area contributed by atoms with Crippen LogP contribution in [0, 0.1) is 0 Å². The molecule has 0 aromatic heterocycles. The van der Waals surface area contributed by atoms with E-state index >= 15 is 0 Å². The highest BCUT2D eigenvalue weighted by atomic mass is 28.3. The number of allylic oxidation sites excluding steroid dienone is 3. The number of quaternary nitrogens is 1. The molecule has 0 radical (unpaired) electrons. The van der Waals surface area contributed by atoms with Crippen molar-refractivity contribution in [3.63, 3.8) is 0 Å². The van der Waals surface area contributed by atoms with Crippen LogP contribution in [0.25, 0.3) is 0 Å². The van der Waals surface area contributed by atoms with Crippen LogP contribution < -0.4 is 0 Å². The molecule has 98 valence electrons. The molecule has 17 heavy (non-hydrogen) atoms. The molecule has 0 N–H and O–H groups in total. The minimum Gasteiger partial charge on any atom is -0.155 e. The smallest absolute Gasteiger partial charge is 0.155 e. The van der Waals surface area contributed by atoms with Crippen LogP contribution >= 0.6 is 0 Å². The molecule has 0 atom stereocenters. The van der Waals surface area contributed by atoms with Gasteiger partial charge in [-0.3, -0.25) is 0 Å². The maximum Gasteiger partial charge on any atom is 0.406 e. The van der Waals surface area contributed by atoms with Crippen LogP contribution in [0.5, 0.6) is 0 Å². The Morgan fingerprint density at radius 2 is 1.12 bits per heavy atom. The number of nitrogens with zero attached hydrogens (tertiary/aromatic N) is 1. The van der Waals surface area contributed by atoms with E-state index in [1.807, 2.05) is 18.2 Å². The Balaban J connectivity index is 5.54. The number of hydrogen-bond donors (Lipinski definition) is 0. The highest BCUT2D eigenvalue weighted by molar-refractivity contribution is 6.73. The average molecular weight is 258 g/mol. The van der Waals surface area contributed by atoms with Gasteiger partial charge in [-0.1, -0.05) is 18.2 Å². The van der Waals surface area contributed by atoms with Gasteiger partial charge in [0, 0.05) is 22.8 Å². The van der Waals surface area contributed by atoms with Crippen molar-refractivity contribution in [2.45, 2.75) is 18.1 Å². The summed E-state index contributed by atoms with van der Waals surface area (Å²) >= 11 is 0. The third-order valence-corrected chi connectivity index (χ3v) is 7.73. The Morgan fingerprint density at radius 1 is 0.824 bits per heavy atom. The maximum atomic E-state index is 5.47. The summed E-state index contributed by atoms with van der Waals surface area (Å²) < 4.78 is -0.239. The van der Waals surface area contributed by atoms with Gasteiger partial charge in [0.15, 0.2) is 0 Å². The molecule has 4 nitrogen and oxygen atoms in total. The zero-order valence-electron chi connectivity index (χ0n) is 11.1. The summed E-state index contributed by atoms with van der Waals surface area (Å²) in [4.78, 5) is 16.4. The molecule has 0 aromatic rings. The second-order valence-corrected chi connectivity index (χ2v) is 7.97. The Hall–Kier alpha value is -0.723. The van der Waals surface area contributed by atoms with Crippen LogP contribution in [0.15, 0.2) is 38.0 Å². The van der Waals surface area contributed by atoms with E-state index in [0.717, 1.165) is 18.1 Å². The lowest BCUT2D eigenvalue weighted by Crippen LogP contribution is -2.65. The largest absolute Gasteiger partial charge is 0.406 e. The summed E-state index contributed by atoms with van der Waals surface area (Å²) in [7, 11) is 2.56. The normalized spacial score (nSPS) is 12.2. The summed E-state index contributed by atoms with van der Waals surface area (Å²) in [6.45, 7) is 11.4. The van der Waals surface area contributed by atoms with Crippen LogP contribution in [0.4, 0.5) is 0 Å². The maximum absolute atomic E-state index is 5.47. The van der Waals surface area contributed by atoms with Crippen LogP contribution in [0.3, 0.4) is 0 Å². The fourth-order valence-corrected chi connectivity index (χ4v) is 6.14. The second kappa shape index (κ2) is 7.57. The topological polar surface area (TPSA) is 27.7 Å². The third-order valence-electron chi connectivity index (χ3n) is 2.87. The van der Waals surface area contributed by atoms with Gasteiger partial charge in [-0.25, -0.2) is 0 Å². The van der Waals surface area contributed by atoms with E-state index in [9.17, 15) is 0 Å². The predicted molar refractivity (Wildman–Crippen MR) is 72.1 cm³/mol. The van der Waals surface area contributed by atoms with E-state index in [1.165, 1.54) is 0 Å². The first-order valence-corrected chi connectivity index (χ1v) is 8.07. The summed E-state index contributed by atoms with van der Waals surface area (Å²) in [6, 6.07) is 2.38. The first kappa shape index (κ1) is 16.3. The number of hydrogen-bond acceptors (Lipinski definition) is 3. The summed E-state index contributed by atoms with van der Waals surface area (Å²) in [6.07, 6.45) is 5.63. The Kier molecular flexibility index (Phi) is 7.25. The molecule has 0 saturated carbocycles. The lowest BCUT2D eigenvalue weighted by molar-refractivity contribution is -1.30. The van der Waals surface area contributed by atoms with Gasteiger partial charge in [-0.15, -0.1) is 19.7 Å². The van der Waals surface area contributed by atoms with Crippen LogP contribution in [0.1, 0.15) is 0 Å². The molecule has 0 unspecified atom stereocenters. The zero-order valence-corrected chi connectivity index (χ0v) is 12.1. The highest BCUT2D eigenvalue weighted by Gasteiger charge is 2.59. The lowest BCUT2D eigenvalue weighted by Gasteiger charge is -2.39. The molecular formula is C12H24NO3Si+. The quantitative estimate of drug-likeness (QED) is 0.342. The molecule has 0 rings (SSSR count). The van der Waals surface area contributed by atoms with E-state index in [-0.39, 0.29) is 4.64 Å². The van der Waals surface area contributed by atoms with Crippen molar-refractivity contribution in [2.75, 3.05) is 21.3 Å². The van der Waals surface area contributed by atoms with Crippen molar-refractivity contribution in [2.24, 2.45) is 0 Å². The Morgan fingerprint density at radius 3 is 1.29 bits per heavy atom. The van der Waals surface area contributed by atoms with E-state index < -0.39 is 8.24 Å². The van der Waals surface area contributed by atoms with Gasteiger partial charge in [-0.05, 0) is 0 Å². The zero-order chi connectivity index (χ0) is 13.4. The van der Waals surface area contributed by atoms with Gasteiger partial charge in [0.05, 0.1) is 0 Å². The van der Waals surface area contributed by atoms with Gasteiger partial charge in [0.2, 0.25) is 0 Å². The van der Waals surface area contributed by atoms with Gasteiger partial charge < -0.3 is 0 Å². The van der Waals surface area contributed by atoms with Gasteiger partial charge >= 0.3 is 8.24 Å². The Bertz CT molecular complexity index is 230. The predicted octanol–water partition coefficient (Wildman–Crippen LogP) is 2.99. The van der Waals surface area contributed by atoms with Crippen molar-refractivity contribution in [3.8, 4) is 0 Å². The van der Waals surface area contributed by atoms with Crippen molar-refractivity contribution in [3.05, 3.63) is 38.0 Å². The molecule has 0 aliphatic carbocycles. The van der Waals surface area contributed by atoms with E-state index in [1.54, 1.807) is 21.3 Å². The first-order valence-electron chi connectivity index (χ1n) is 5.51. The summed E-state index contributed by atoms with van der Waals surface area (Å²) in [5.74, 6) is 0. The molecule has 0 aliphatic heterocycles. The Labute approximate surface area is 105 Å². The summed E-state index contributed by atoms with van der Waals surface area (Å²) in [5, 5.41) is 0. The summed E-state index contributed by atoms with van der Waals surface area (Å²) in [5.41, 5.74) is 0. The van der Waals surface area contributed by atoms with Gasteiger partial charge in [0.1, 0.15) is 21.3 Å². The average Bonchev–Trinajstić information content (AvgIpc) is 2.33. The first-order chi connectivity index (χ1) is 8.11. The van der Waals surface area contributed by atoms with Crippen molar-refractivity contribution in [1.29, 1.82) is 0 Å². The van der Waals surface area contributed by atoms with E-state index in [0.29, 0.717) is 0 Å². The van der Waals surface area contributed by atoms with E-state index in [2.05, 4.69) is 19.7 Å². The van der Waals surface area contributed by atoms with Gasteiger partial charge in [-0.2, -0.15) is 14.5 Å². The molecule has 0 aliphatic rings. The molecule has 0 amide bonds. The molecule has 5 heteroatoms. The third kappa shape index (κ3) is 3.14. The molecule has 0 fully saturated rings. The highest BCUT2D eigenvalue weighted by Crippen LogP contribution is 2.34. The fourth-order valence-electron chi connectivity index (χ4n) is 2.20. The molecule has 0 heterocycles. The van der Waals surface area contributed by atoms with Crippen LogP contribution in [-0.2, 0) is 14.5 Å². The van der Waals surface area contributed by atoms with Crippen molar-refractivity contribution >= 4 is 8.24 Å². The van der Waals surface area contributed by atoms with Gasteiger partial charge in [0.25, 0.3) is 0 Å². The van der Waals surface area contributed by atoms with Crippen molar-refractivity contribution < 1.29 is 19.2 Å². The molecule has 0 bridgehead atoms. The van der Waals surface area contributed by atoms with Crippen LogP contribution in [0.2, 0.25) is 18.1 Å². The SMILES string of the molecule is C=CC[Si](CC=C)(CC=C)[N+](OC)(OC)OC. The lowest BCUT2D eigenvalue weighted by atomic mass is 10.7. The molecule has 0 aromatic carbocycles. The monoisotopic (exact) mass is 258 g/mol.